The lowest BCUT2D eigenvalue weighted by Crippen LogP contribution is -2.27. The Kier molecular flexibility index (Phi) is 3.76. The number of para-hydroxylation sites is 2. The van der Waals surface area contributed by atoms with Crippen molar-refractivity contribution < 1.29 is 9.72 Å². The highest BCUT2D eigenvalue weighted by molar-refractivity contribution is 5.94. The maximum Gasteiger partial charge on any atom is 0.269 e. The monoisotopic (exact) mass is 310 g/mol. The number of nitrogens with one attached hydrogen (secondary N) is 2. The molecule has 1 amide bonds. The van der Waals surface area contributed by atoms with E-state index in [4.69, 9.17) is 0 Å². The van der Waals surface area contributed by atoms with Gasteiger partial charge < -0.3 is 10.3 Å². The van der Waals surface area contributed by atoms with Crippen LogP contribution in [0.3, 0.4) is 0 Å². The van der Waals surface area contributed by atoms with Crippen LogP contribution in [0.15, 0.2) is 48.5 Å². The Morgan fingerprint density at radius 3 is 2.57 bits per heavy atom. The van der Waals surface area contributed by atoms with Gasteiger partial charge in [-0.1, -0.05) is 12.1 Å². The average Bonchev–Trinajstić information content (AvgIpc) is 2.99. The number of hydrogen-bond donors (Lipinski definition) is 2. The number of fused-ring (bicyclic) bond motifs is 1. The first-order valence-corrected chi connectivity index (χ1v) is 7.04. The van der Waals surface area contributed by atoms with Gasteiger partial charge in [-0.15, -0.1) is 0 Å². The van der Waals surface area contributed by atoms with Crippen molar-refractivity contribution in [2.75, 3.05) is 0 Å². The zero-order chi connectivity index (χ0) is 16.4. The van der Waals surface area contributed by atoms with Crippen LogP contribution in [0.5, 0.6) is 0 Å². The number of amides is 1. The third-order valence-corrected chi connectivity index (χ3v) is 3.51. The fraction of sp³-hybridized carbons (Fsp3) is 0.125. The van der Waals surface area contributed by atoms with Crippen LogP contribution in [0.1, 0.15) is 29.1 Å². The van der Waals surface area contributed by atoms with Gasteiger partial charge >= 0.3 is 0 Å². The van der Waals surface area contributed by atoms with E-state index in [2.05, 4.69) is 15.3 Å². The standard InChI is InChI=1S/C16H14N4O3/c1-10(15-18-13-4-2-3-5-14(13)19-15)17-16(21)11-6-8-12(9-7-11)20(22)23/h2-10H,1H3,(H,17,21)(H,18,19). The number of benzene rings is 2. The van der Waals surface area contributed by atoms with Crippen LogP contribution in [-0.4, -0.2) is 20.8 Å². The van der Waals surface area contributed by atoms with Crippen molar-refractivity contribution in [1.82, 2.24) is 15.3 Å². The minimum Gasteiger partial charge on any atom is -0.342 e. The van der Waals surface area contributed by atoms with Crippen LogP contribution >= 0.6 is 0 Å². The molecule has 23 heavy (non-hydrogen) atoms. The van der Waals surface area contributed by atoms with Gasteiger partial charge in [-0.2, -0.15) is 0 Å². The first-order valence-electron chi connectivity index (χ1n) is 7.04. The van der Waals surface area contributed by atoms with Crippen molar-refractivity contribution in [3.63, 3.8) is 0 Å². The number of nitrogens with zero attached hydrogens (tertiary/aromatic N) is 2. The molecule has 2 aromatic carbocycles. The van der Waals surface area contributed by atoms with Crippen LogP contribution in [-0.2, 0) is 0 Å². The number of carbonyl (C=O) groups is 1. The second-order valence-electron chi connectivity index (χ2n) is 5.14. The van der Waals surface area contributed by atoms with E-state index in [1.165, 1.54) is 24.3 Å². The first-order chi connectivity index (χ1) is 11.0. The van der Waals surface area contributed by atoms with E-state index in [9.17, 15) is 14.9 Å². The molecule has 0 fully saturated rings. The van der Waals surface area contributed by atoms with Crippen LogP contribution in [0.4, 0.5) is 5.69 Å². The molecular formula is C16H14N4O3. The number of H-pyrrole nitrogens is 1. The van der Waals surface area contributed by atoms with Gasteiger partial charge in [0.25, 0.3) is 11.6 Å². The summed E-state index contributed by atoms with van der Waals surface area (Å²) in [6.07, 6.45) is 0. The van der Waals surface area contributed by atoms with E-state index in [1.54, 1.807) is 0 Å². The molecule has 2 N–H and O–H groups in total. The molecule has 0 saturated heterocycles. The molecule has 3 aromatic rings. The predicted molar refractivity (Wildman–Crippen MR) is 85.1 cm³/mol. The molecule has 0 aliphatic heterocycles. The second kappa shape index (κ2) is 5.88. The van der Waals surface area contributed by atoms with Gasteiger partial charge in [0, 0.05) is 17.7 Å². The van der Waals surface area contributed by atoms with E-state index in [-0.39, 0.29) is 17.6 Å². The largest absolute Gasteiger partial charge is 0.342 e. The minimum atomic E-state index is -0.501. The number of nitro groups is 1. The summed E-state index contributed by atoms with van der Waals surface area (Å²) in [6, 6.07) is 12.8. The highest BCUT2D eigenvalue weighted by atomic mass is 16.6. The quantitative estimate of drug-likeness (QED) is 0.571. The molecule has 0 saturated carbocycles. The maximum absolute atomic E-state index is 12.2. The molecule has 1 atom stereocenters. The summed E-state index contributed by atoms with van der Waals surface area (Å²) in [5.74, 6) is 0.342. The average molecular weight is 310 g/mol. The molecular weight excluding hydrogens is 296 g/mol. The van der Waals surface area contributed by atoms with Gasteiger partial charge in [0.1, 0.15) is 5.82 Å². The minimum absolute atomic E-state index is 0.0492. The van der Waals surface area contributed by atoms with Gasteiger partial charge in [0.2, 0.25) is 0 Å². The van der Waals surface area contributed by atoms with Crippen molar-refractivity contribution in [3.05, 3.63) is 70.0 Å². The smallest absolute Gasteiger partial charge is 0.269 e. The van der Waals surface area contributed by atoms with Gasteiger partial charge in [-0.3, -0.25) is 14.9 Å². The molecule has 7 nitrogen and oxygen atoms in total. The number of rotatable bonds is 4. The lowest BCUT2D eigenvalue weighted by Gasteiger charge is -2.11. The zero-order valence-electron chi connectivity index (χ0n) is 12.3. The lowest BCUT2D eigenvalue weighted by molar-refractivity contribution is -0.384. The van der Waals surface area contributed by atoms with Crippen LogP contribution in [0.2, 0.25) is 0 Å². The number of nitro benzene ring substituents is 1. The normalized spacial score (nSPS) is 12.0. The molecule has 0 radical (unpaired) electrons. The number of imidazole rings is 1. The Hall–Kier alpha value is -3.22. The molecule has 116 valence electrons. The van der Waals surface area contributed by atoms with Crippen molar-refractivity contribution >= 4 is 22.6 Å². The number of hydrogen-bond acceptors (Lipinski definition) is 4. The van der Waals surface area contributed by atoms with Crippen LogP contribution in [0.25, 0.3) is 11.0 Å². The molecule has 0 bridgehead atoms. The highest BCUT2D eigenvalue weighted by Crippen LogP contribution is 2.17. The molecule has 7 heteroatoms. The second-order valence-corrected chi connectivity index (χ2v) is 5.14. The Labute approximate surface area is 131 Å². The lowest BCUT2D eigenvalue weighted by atomic mass is 10.2. The highest BCUT2D eigenvalue weighted by Gasteiger charge is 2.15. The van der Waals surface area contributed by atoms with Gasteiger partial charge in [-0.25, -0.2) is 4.98 Å². The summed E-state index contributed by atoms with van der Waals surface area (Å²) >= 11 is 0. The maximum atomic E-state index is 12.2. The van der Waals surface area contributed by atoms with E-state index >= 15 is 0 Å². The summed E-state index contributed by atoms with van der Waals surface area (Å²) in [6.45, 7) is 1.82. The van der Waals surface area contributed by atoms with Crippen molar-refractivity contribution in [2.24, 2.45) is 0 Å². The third kappa shape index (κ3) is 3.03. The summed E-state index contributed by atoms with van der Waals surface area (Å²) in [5.41, 5.74) is 2.04. The number of aromatic nitrogens is 2. The summed E-state index contributed by atoms with van der Waals surface area (Å²) < 4.78 is 0. The molecule has 1 unspecified atom stereocenters. The molecule has 0 spiro atoms. The number of carbonyl (C=O) groups excluding carboxylic acids is 1. The Morgan fingerprint density at radius 1 is 1.22 bits per heavy atom. The van der Waals surface area contributed by atoms with Crippen molar-refractivity contribution in [1.29, 1.82) is 0 Å². The van der Waals surface area contributed by atoms with Crippen molar-refractivity contribution in [2.45, 2.75) is 13.0 Å². The fourth-order valence-corrected chi connectivity index (χ4v) is 2.26. The SMILES string of the molecule is CC(NC(=O)c1ccc([N+](=O)[O-])cc1)c1nc2ccccc2[nH]1. The topological polar surface area (TPSA) is 101 Å². The van der Waals surface area contributed by atoms with Crippen LogP contribution < -0.4 is 5.32 Å². The molecule has 1 heterocycles. The molecule has 0 aliphatic carbocycles. The van der Waals surface area contributed by atoms with Crippen molar-refractivity contribution in [3.8, 4) is 0 Å². The van der Waals surface area contributed by atoms with E-state index < -0.39 is 4.92 Å². The fourth-order valence-electron chi connectivity index (χ4n) is 2.26. The Balaban J connectivity index is 1.74. The van der Waals surface area contributed by atoms with E-state index in [0.29, 0.717) is 11.4 Å². The third-order valence-electron chi connectivity index (χ3n) is 3.51. The van der Waals surface area contributed by atoms with E-state index in [1.807, 2.05) is 31.2 Å². The summed E-state index contributed by atoms with van der Waals surface area (Å²) in [5, 5.41) is 13.4. The van der Waals surface area contributed by atoms with Crippen LogP contribution in [0, 0.1) is 10.1 Å². The Bertz CT molecular complexity index is 837. The predicted octanol–water partition coefficient (Wildman–Crippen LogP) is 2.96. The Morgan fingerprint density at radius 2 is 1.91 bits per heavy atom. The number of non-ortho nitro benzene ring substituents is 1. The first kappa shape index (κ1) is 14.7. The summed E-state index contributed by atoms with van der Waals surface area (Å²) in [4.78, 5) is 29.9. The van der Waals surface area contributed by atoms with Gasteiger partial charge in [0.15, 0.2) is 0 Å². The van der Waals surface area contributed by atoms with Gasteiger partial charge in [0.05, 0.1) is 22.0 Å². The number of aromatic amines is 1. The summed E-state index contributed by atoms with van der Waals surface area (Å²) in [7, 11) is 0. The van der Waals surface area contributed by atoms with Gasteiger partial charge in [-0.05, 0) is 31.2 Å². The van der Waals surface area contributed by atoms with E-state index in [0.717, 1.165) is 11.0 Å². The molecule has 1 aromatic heterocycles. The molecule has 0 aliphatic rings. The zero-order valence-corrected chi connectivity index (χ0v) is 12.3. The molecule has 3 rings (SSSR count).